The first-order valence-corrected chi connectivity index (χ1v) is 15.9. The van der Waals surface area contributed by atoms with Crippen molar-refractivity contribution in [2.45, 2.75) is 181 Å². The van der Waals surface area contributed by atoms with Crippen molar-refractivity contribution in [3.8, 4) is 0 Å². The minimum atomic E-state index is 0. The summed E-state index contributed by atoms with van der Waals surface area (Å²) in [7, 11) is 0. The van der Waals surface area contributed by atoms with Crippen LogP contribution in [0.1, 0.15) is 179 Å². The van der Waals surface area contributed by atoms with E-state index in [4.69, 9.17) is 0 Å². The largest absolute Gasteiger partial charge is 0.180 e. The summed E-state index contributed by atoms with van der Waals surface area (Å²) in [6, 6.07) is 10.3. The van der Waals surface area contributed by atoms with Crippen molar-refractivity contribution in [2.24, 2.45) is 0 Å². The Labute approximate surface area is 235 Å². The van der Waals surface area contributed by atoms with Crippen LogP contribution in [0.3, 0.4) is 0 Å². The summed E-state index contributed by atoms with van der Waals surface area (Å²) in [6.07, 6.45) is 36.9. The van der Waals surface area contributed by atoms with Crippen LogP contribution < -0.4 is 0 Å². The van der Waals surface area contributed by atoms with Gasteiger partial charge in [0, 0.05) is 19.5 Å². The third kappa shape index (κ3) is 22.7. The van der Waals surface area contributed by atoms with Crippen LogP contribution in [-0.4, -0.2) is 0 Å². The molecule has 0 bridgehead atoms. The molecular formula is C34H61Zn-. The summed E-state index contributed by atoms with van der Waals surface area (Å²) >= 11 is 0. The molecular weight excluding hydrogens is 474 g/mol. The summed E-state index contributed by atoms with van der Waals surface area (Å²) in [5.74, 6) is 0. The molecule has 0 aliphatic carbocycles. The Balaban J connectivity index is 0.0000116. The number of benzene rings is 1. The van der Waals surface area contributed by atoms with Crippen LogP contribution in [0.4, 0.5) is 0 Å². The topological polar surface area (TPSA) is 0 Å². The third-order valence-corrected chi connectivity index (χ3v) is 7.62. The summed E-state index contributed by atoms with van der Waals surface area (Å²) in [6.45, 7) is 4.60. The van der Waals surface area contributed by atoms with Crippen molar-refractivity contribution in [2.75, 3.05) is 0 Å². The molecule has 0 fully saturated rings. The second-order valence-electron chi connectivity index (χ2n) is 11.0. The van der Waals surface area contributed by atoms with Crippen molar-refractivity contribution in [1.29, 1.82) is 0 Å². The second kappa shape index (κ2) is 28.4. The van der Waals surface area contributed by atoms with Gasteiger partial charge < -0.3 is 0 Å². The Kier molecular flexibility index (Phi) is 28.3. The zero-order valence-electron chi connectivity index (χ0n) is 24.3. The van der Waals surface area contributed by atoms with Crippen molar-refractivity contribution in [1.82, 2.24) is 0 Å². The number of hydrogen-bond acceptors (Lipinski definition) is 0. The third-order valence-electron chi connectivity index (χ3n) is 7.62. The number of unbranched alkanes of at least 4 members (excludes halogenated alkanes) is 22. The van der Waals surface area contributed by atoms with Crippen LogP contribution in [0.5, 0.6) is 0 Å². The van der Waals surface area contributed by atoms with Crippen molar-refractivity contribution >= 4 is 0 Å². The van der Waals surface area contributed by atoms with Gasteiger partial charge in [-0.2, -0.15) is 35.4 Å². The summed E-state index contributed by atoms with van der Waals surface area (Å²) in [4.78, 5) is 0. The van der Waals surface area contributed by atoms with E-state index in [9.17, 15) is 0 Å². The normalized spacial score (nSPS) is 11.0. The van der Waals surface area contributed by atoms with Gasteiger partial charge in [0.15, 0.2) is 0 Å². The molecule has 200 valence electrons. The maximum absolute atomic E-state index is 3.57. The quantitative estimate of drug-likeness (QED) is 0.0629. The number of aryl methyl sites for hydroxylation is 2. The Bertz CT molecular complexity index is 476. The van der Waals surface area contributed by atoms with Gasteiger partial charge in [0.2, 0.25) is 0 Å². The van der Waals surface area contributed by atoms with Crippen molar-refractivity contribution in [3.63, 3.8) is 0 Å². The number of rotatable bonds is 26. The maximum Gasteiger partial charge on any atom is 0 e. The molecule has 35 heavy (non-hydrogen) atoms. The van der Waals surface area contributed by atoms with E-state index in [0.29, 0.717) is 0 Å². The monoisotopic (exact) mass is 533 g/mol. The summed E-state index contributed by atoms with van der Waals surface area (Å²) in [5, 5.41) is 0. The van der Waals surface area contributed by atoms with E-state index < -0.39 is 0 Å². The first kappa shape index (κ1) is 34.8. The van der Waals surface area contributed by atoms with Gasteiger partial charge in [-0.3, -0.25) is 0 Å². The van der Waals surface area contributed by atoms with Crippen LogP contribution in [0.15, 0.2) is 18.2 Å². The molecule has 0 saturated heterocycles. The average molecular weight is 535 g/mol. The molecule has 1 aromatic carbocycles. The molecule has 0 aliphatic heterocycles. The fourth-order valence-corrected chi connectivity index (χ4v) is 5.27. The zero-order valence-corrected chi connectivity index (χ0v) is 27.3. The molecule has 0 unspecified atom stereocenters. The molecule has 0 nitrogen and oxygen atoms in total. The predicted molar refractivity (Wildman–Crippen MR) is 155 cm³/mol. The Hall–Kier alpha value is -0.157. The van der Waals surface area contributed by atoms with Crippen molar-refractivity contribution in [3.05, 3.63) is 35.4 Å². The average Bonchev–Trinajstić information content (AvgIpc) is 2.86. The number of hydrogen-bond donors (Lipinski definition) is 0. The first-order chi connectivity index (χ1) is 16.9. The van der Waals surface area contributed by atoms with E-state index >= 15 is 0 Å². The molecule has 0 aliphatic rings. The van der Waals surface area contributed by atoms with Gasteiger partial charge in [-0.05, 0) is 0 Å². The summed E-state index contributed by atoms with van der Waals surface area (Å²) in [5.41, 5.74) is 3.09. The SMILES string of the molecule is CCCCCCCCCCCCCCc1[c-]cccc1CCCCCCCCCCCCCC.[Zn]. The van der Waals surface area contributed by atoms with Crippen LogP contribution in [-0.2, 0) is 32.3 Å². The molecule has 0 radical (unpaired) electrons. The van der Waals surface area contributed by atoms with E-state index in [-0.39, 0.29) is 19.5 Å². The van der Waals surface area contributed by atoms with Gasteiger partial charge >= 0.3 is 0 Å². The fourth-order valence-electron chi connectivity index (χ4n) is 5.27. The van der Waals surface area contributed by atoms with Gasteiger partial charge in [0.05, 0.1) is 0 Å². The van der Waals surface area contributed by atoms with Gasteiger partial charge in [0.1, 0.15) is 0 Å². The smallest absolute Gasteiger partial charge is 0 e. The Morgan fingerprint density at radius 3 is 1.20 bits per heavy atom. The maximum atomic E-state index is 3.57. The van der Waals surface area contributed by atoms with E-state index in [2.05, 4.69) is 38.1 Å². The molecule has 1 rings (SSSR count). The molecule has 0 saturated carbocycles. The minimum absolute atomic E-state index is 0. The standard InChI is InChI=1S/C34H61.Zn/c1-3-5-7-9-11-13-15-17-19-21-23-25-29-33-31-27-28-32-34(33)30-26-24-22-20-18-16-14-12-10-8-6-4-2;/h27-28,31H,3-26,29-30H2,1-2H3;/q-1;. The molecule has 0 amide bonds. The van der Waals surface area contributed by atoms with Gasteiger partial charge in [-0.15, -0.1) is 0 Å². The fraction of sp³-hybridized carbons (Fsp3) is 0.824. The van der Waals surface area contributed by atoms with E-state index in [0.717, 1.165) is 0 Å². The molecule has 0 spiro atoms. The van der Waals surface area contributed by atoms with Crippen LogP contribution >= 0.6 is 0 Å². The van der Waals surface area contributed by atoms with E-state index in [1.54, 1.807) is 5.56 Å². The molecule has 1 aromatic rings. The second-order valence-corrected chi connectivity index (χ2v) is 11.0. The first-order valence-electron chi connectivity index (χ1n) is 15.9. The van der Waals surface area contributed by atoms with Crippen LogP contribution in [0.25, 0.3) is 0 Å². The van der Waals surface area contributed by atoms with Gasteiger partial charge in [0.25, 0.3) is 0 Å². The Morgan fingerprint density at radius 1 is 0.457 bits per heavy atom. The van der Waals surface area contributed by atoms with Crippen molar-refractivity contribution < 1.29 is 19.5 Å². The molecule has 1 heteroatoms. The van der Waals surface area contributed by atoms with Crippen LogP contribution in [0.2, 0.25) is 0 Å². The molecule has 0 aromatic heterocycles. The van der Waals surface area contributed by atoms with E-state index in [1.165, 1.54) is 173 Å². The molecule has 0 atom stereocenters. The van der Waals surface area contributed by atoms with Crippen LogP contribution in [0, 0.1) is 6.07 Å². The molecule has 0 heterocycles. The Morgan fingerprint density at radius 2 is 0.800 bits per heavy atom. The van der Waals surface area contributed by atoms with Gasteiger partial charge in [-0.25, -0.2) is 0 Å². The van der Waals surface area contributed by atoms with E-state index in [1.807, 2.05) is 0 Å². The minimum Gasteiger partial charge on any atom is -0.180 e. The summed E-state index contributed by atoms with van der Waals surface area (Å²) < 4.78 is 0. The molecule has 0 N–H and O–H groups in total. The predicted octanol–water partition coefficient (Wildman–Crippen LogP) is 12.0. The zero-order chi connectivity index (χ0) is 24.4. The van der Waals surface area contributed by atoms with Gasteiger partial charge in [-0.1, -0.05) is 181 Å².